The van der Waals surface area contributed by atoms with Gasteiger partial charge in [-0.15, -0.1) is 0 Å². The number of hydrogen-bond donors (Lipinski definition) is 2. The summed E-state index contributed by atoms with van der Waals surface area (Å²) in [6, 6.07) is 6.04. The molecule has 0 saturated carbocycles. The summed E-state index contributed by atoms with van der Waals surface area (Å²) in [7, 11) is 0. The molecule has 6 heteroatoms. The molecule has 1 aliphatic heterocycles. The van der Waals surface area contributed by atoms with Crippen LogP contribution in [-0.2, 0) is 13.0 Å². The van der Waals surface area contributed by atoms with Crippen molar-refractivity contribution in [1.82, 2.24) is 9.97 Å². The molecule has 20 heavy (non-hydrogen) atoms. The fraction of sp³-hybridized carbons (Fsp3) is 0.286. The number of anilines is 2. The van der Waals surface area contributed by atoms with Gasteiger partial charge in [-0.3, -0.25) is 0 Å². The van der Waals surface area contributed by atoms with Gasteiger partial charge in [0.05, 0.1) is 6.61 Å². The van der Waals surface area contributed by atoms with Gasteiger partial charge < -0.3 is 15.8 Å². The van der Waals surface area contributed by atoms with Crippen LogP contribution in [0.25, 0.3) is 0 Å². The second-order valence-corrected chi connectivity index (χ2v) is 5.67. The maximum Gasteiger partial charge on any atom is 0.222 e. The van der Waals surface area contributed by atoms with E-state index in [-0.39, 0.29) is 5.95 Å². The van der Waals surface area contributed by atoms with E-state index in [2.05, 4.69) is 43.3 Å². The van der Waals surface area contributed by atoms with Crippen molar-refractivity contribution >= 4 is 27.7 Å². The molecule has 3 N–H and O–H groups in total. The number of halogens is 1. The molecular formula is C14H15BrN4O. The van der Waals surface area contributed by atoms with Gasteiger partial charge in [0.15, 0.2) is 0 Å². The summed E-state index contributed by atoms with van der Waals surface area (Å²) in [6.45, 7) is 3.28. The molecule has 0 amide bonds. The summed E-state index contributed by atoms with van der Waals surface area (Å²) < 4.78 is 6.77. The van der Waals surface area contributed by atoms with Gasteiger partial charge >= 0.3 is 0 Å². The predicted molar refractivity (Wildman–Crippen MR) is 81.8 cm³/mol. The molecular weight excluding hydrogens is 320 g/mol. The van der Waals surface area contributed by atoms with Gasteiger partial charge in [0, 0.05) is 34.8 Å². The van der Waals surface area contributed by atoms with Crippen molar-refractivity contribution in [2.24, 2.45) is 0 Å². The van der Waals surface area contributed by atoms with Crippen molar-refractivity contribution in [2.75, 3.05) is 17.7 Å². The SMILES string of the molecule is Cc1cc(NCc2cc(Br)cc3c2OCC3)nc(N)n1. The Morgan fingerprint density at radius 1 is 1.35 bits per heavy atom. The monoisotopic (exact) mass is 334 g/mol. The van der Waals surface area contributed by atoms with E-state index in [1.807, 2.05) is 13.0 Å². The van der Waals surface area contributed by atoms with E-state index in [9.17, 15) is 0 Å². The van der Waals surface area contributed by atoms with E-state index in [1.165, 1.54) is 5.56 Å². The van der Waals surface area contributed by atoms with Crippen LogP contribution in [0.3, 0.4) is 0 Å². The molecule has 2 aromatic rings. The van der Waals surface area contributed by atoms with E-state index >= 15 is 0 Å². The number of nitrogens with two attached hydrogens (primary N) is 1. The number of fused-ring (bicyclic) bond motifs is 1. The highest BCUT2D eigenvalue weighted by atomic mass is 79.9. The van der Waals surface area contributed by atoms with Gasteiger partial charge in [0.1, 0.15) is 11.6 Å². The molecule has 2 heterocycles. The van der Waals surface area contributed by atoms with Crippen LogP contribution in [-0.4, -0.2) is 16.6 Å². The third-order valence-corrected chi connectivity index (χ3v) is 3.61. The Morgan fingerprint density at radius 3 is 3.00 bits per heavy atom. The third kappa shape index (κ3) is 2.70. The molecule has 0 saturated heterocycles. The van der Waals surface area contributed by atoms with Gasteiger partial charge in [-0.05, 0) is 24.6 Å². The number of nitrogens with zero attached hydrogens (tertiary/aromatic N) is 2. The number of nitrogen functional groups attached to an aromatic ring is 1. The number of nitrogens with one attached hydrogen (secondary N) is 1. The van der Waals surface area contributed by atoms with Crippen molar-refractivity contribution < 1.29 is 4.74 Å². The molecule has 0 atom stereocenters. The van der Waals surface area contributed by atoms with Crippen LogP contribution in [0, 0.1) is 6.92 Å². The van der Waals surface area contributed by atoms with Gasteiger partial charge in [-0.1, -0.05) is 15.9 Å². The summed E-state index contributed by atoms with van der Waals surface area (Å²) in [5.74, 6) is 1.99. The maximum atomic E-state index is 5.70. The van der Waals surface area contributed by atoms with Crippen LogP contribution in [0.2, 0.25) is 0 Å². The Balaban J connectivity index is 1.82. The van der Waals surface area contributed by atoms with Gasteiger partial charge in [0.25, 0.3) is 0 Å². The number of benzene rings is 1. The molecule has 5 nitrogen and oxygen atoms in total. The lowest BCUT2D eigenvalue weighted by molar-refractivity contribution is 0.354. The van der Waals surface area contributed by atoms with E-state index < -0.39 is 0 Å². The second-order valence-electron chi connectivity index (χ2n) is 4.76. The lowest BCUT2D eigenvalue weighted by atomic mass is 10.1. The van der Waals surface area contributed by atoms with Gasteiger partial charge in [-0.25, -0.2) is 4.98 Å². The molecule has 0 fully saturated rings. The normalized spacial score (nSPS) is 12.9. The summed E-state index contributed by atoms with van der Waals surface area (Å²) >= 11 is 3.54. The highest BCUT2D eigenvalue weighted by Gasteiger charge is 2.17. The van der Waals surface area contributed by atoms with E-state index in [0.717, 1.165) is 40.3 Å². The highest BCUT2D eigenvalue weighted by molar-refractivity contribution is 9.10. The molecule has 0 aliphatic carbocycles. The van der Waals surface area contributed by atoms with Crippen molar-refractivity contribution in [3.05, 3.63) is 39.5 Å². The number of ether oxygens (including phenoxy) is 1. The first-order valence-electron chi connectivity index (χ1n) is 6.41. The average Bonchev–Trinajstić information content (AvgIpc) is 2.82. The number of aromatic nitrogens is 2. The topological polar surface area (TPSA) is 73.1 Å². The van der Waals surface area contributed by atoms with E-state index in [0.29, 0.717) is 6.54 Å². The van der Waals surface area contributed by atoms with Crippen molar-refractivity contribution in [2.45, 2.75) is 19.9 Å². The number of aryl methyl sites for hydroxylation is 1. The number of hydrogen-bond acceptors (Lipinski definition) is 5. The van der Waals surface area contributed by atoms with Crippen LogP contribution >= 0.6 is 15.9 Å². The van der Waals surface area contributed by atoms with Gasteiger partial charge in [0.2, 0.25) is 5.95 Å². The van der Waals surface area contributed by atoms with Crippen molar-refractivity contribution in [1.29, 1.82) is 0 Å². The van der Waals surface area contributed by atoms with Gasteiger partial charge in [-0.2, -0.15) is 4.98 Å². The minimum Gasteiger partial charge on any atom is -0.493 e. The zero-order chi connectivity index (χ0) is 14.1. The molecule has 3 rings (SSSR count). The minimum absolute atomic E-state index is 0.281. The molecule has 0 bridgehead atoms. The zero-order valence-electron chi connectivity index (χ0n) is 11.1. The zero-order valence-corrected chi connectivity index (χ0v) is 12.7. The first kappa shape index (κ1) is 13.2. The molecule has 0 radical (unpaired) electrons. The Morgan fingerprint density at radius 2 is 2.20 bits per heavy atom. The van der Waals surface area contributed by atoms with E-state index in [1.54, 1.807) is 0 Å². The van der Waals surface area contributed by atoms with Crippen molar-refractivity contribution in [3.8, 4) is 5.75 Å². The first-order chi connectivity index (χ1) is 9.61. The minimum atomic E-state index is 0.281. The maximum absolute atomic E-state index is 5.70. The second kappa shape index (κ2) is 5.28. The number of rotatable bonds is 3. The molecule has 0 unspecified atom stereocenters. The Labute approximate surface area is 125 Å². The smallest absolute Gasteiger partial charge is 0.222 e. The molecule has 0 spiro atoms. The Hall–Kier alpha value is -1.82. The largest absolute Gasteiger partial charge is 0.493 e. The molecule has 1 aromatic heterocycles. The highest BCUT2D eigenvalue weighted by Crippen LogP contribution is 2.33. The summed E-state index contributed by atoms with van der Waals surface area (Å²) in [6.07, 6.45) is 0.960. The Bertz CT molecular complexity index is 640. The van der Waals surface area contributed by atoms with Crippen LogP contribution in [0.15, 0.2) is 22.7 Å². The van der Waals surface area contributed by atoms with Crippen LogP contribution in [0.4, 0.5) is 11.8 Å². The van der Waals surface area contributed by atoms with E-state index in [4.69, 9.17) is 10.5 Å². The average molecular weight is 335 g/mol. The molecule has 1 aliphatic rings. The van der Waals surface area contributed by atoms with Crippen molar-refractivity contribution in [3.63, 3.8) is 0 Å². The standard InChI is InChI=1S/C14H15BrN4O/c1-8-4-12(19-14(16)18-8)17-7-10-6-11(15)5-9-2-3-20-13(9)10/h4-6H,2-3,7H2,1H3,(H3,16,17,18,19). The first-order valence-corrected chi connectivity index (χ1v) is 7.20. The predicted octanol–water partition coefficient (Wildman–Crippen LogP) is 2.68. The van der Waals surface area contributed by atoms with Crippen LogP contribution in [0.1, 0.15) is 16.8 Å². The third-order valence-electron chi connectivity index (χ3n) is 3.16. The molecule has 1 aromatic carbocycles. The quantitative estimate of drug-likeness (QED) is 0.902. The summed E-state index contributed by atoms with van der Waals surface area (Å²) in [5.41, 5.74) is 8.85. The lowest BCUT2D eigenvalue weighted by Crippen LogP contribution is -2.06. The van der Waals surface area contributed by atoms with Crippen LogP contribution in [0.5, 0.6) is 5.75 Å². The summed E-state index contributed by atoms with van der Waals surface area (Å²) in [5, 5.41) is 3.27. The summed E-state index contributed by atoms with van der Waals surface area (Å²) in [4.78, 5) is 8.22. The Kier molecular flexibility index (Phi) is 3.48. The van der Waals surface area contributed by atoms with Crippen LogP contribution < -0.4 is 15.8 Å². The fourth-order valence-corrected chi connectivity index (χ4v) is 2.90. The molecule has 104 valence electrons. The fourth-order valence-electron chi connectivity index (χ4n) is 2.35. The lowest BCUT2D eigenvalue weighted by Gasteiger charge is -2.11.